The molecule has 4 aromatic heterocycles. The molecule has 0 aliphatic carbocycles. The minimum Gasteiger partial charge on any atom is -0.308 e. The summed E-state index contributed by atoms with van der Waals surface area (Å²) in [4.78, 5) is 11.0. The molecule has 9 aromatic carbocycles. The van der Waals surface area contributed by atoms with Gasteiger partial charge in [-0.3, -0.25) is 4.57 Å². The summed E-state index contributed by atoms with van der Waals surface area (Å²) < 4.78 is 4.80. The number of rotatable bonds is 3. The first-order chi connectivity index (χ1) is 27.8. The molecule has 0 radical (unpaired) electrons. The second-order valence-corrected chi connectivity index (χ2v) is 15.0. The highest BCUT2D eigenvalue weighted by molar-refractivity contribution is 6.36. The fourth-order valence-electron chi connectivity index (χ4n) is 9.56. The summed E-state index contributed by atoms with van der Waals surface area (Å²) in [6, 6.07) is 65.7. The van der Waals surface area contributed by atoms with Crippen molar-refractivity contribution >= 4 is 92.3 Å². The van der Waals surface area contributed by atoms with E-state index in [1.165, 1.54) is 76.2 Å². The predicted molar refractivity (Wildman–Crippen MR) is 234 cm³/mol. The first-order valence-electron chi connectivity index (χ1n) is 19.2. The molecule has 4 heteroatoms. The van der Waals surface area contributed by atoms with Gasteiger partial charge in [0.1, 0.15) is 0 Å². The molecule has 0 amide bonds. The Balaban J connectivity index is 1.18. The maximum atomic E-state index is 5.60. The fourth-order valence-corrected chi connectivity index (χ4v) is 9.56. The van der Waals surface area contributed by atoms with Gasteiger partial charge in [-0.25, -0.2) is 9.97 Å². The average Bonchev–Trinajstić information content (AvgIpc) is 3.89. The predicted octanol–water partition coefficient (Wildman–Crippen LogP) is 13.5. The van der Waals surface area contributed by atoms with Gasteiger partial charge in [0.05, 0.1) is 38.8 Å². The van der Waals surface area contributed by atoms with Crippen LogP contribution in [-0.4, -0.2) is 18.9 Å². The van der Waals surface area contributed by atoms with Crippen LogP contribution in [-0.2, 0) is 0 Å². The zero-order chi connectivity index (χ0) is 36.5. The van der Waals surface area contributed by atoms with Gasteiger partial charge in [-0.05, 0) is 69.1 Å². The number of fused-ring (bicyclic) bond motifs is 14. The third-order valence-corrected chi connectivity index (χ3v) is 12.0. The Kier molecular flexibility index (Phi) is 5.86. The minimum atomic E-state index is 0.660. The Morgan fingerprint density at radius 2 is 0.982 bits per heavy atom. The second-order valence-electron chi connectivity index (χ2n) is 15.0. The van der Waals surface area contributed by atoms with Gasteiger partial charge in [0, 0.05) is 43.3 Å². The molecule has 258 valence electrons. The molecule has 4 nitrogen and oxygen atoms in total. The van der Waals surface area contributed by atoms with E-state index in [9.17, 15) is 0 Å². The van der Waals surface area contributed by atoms with E-state index in [4.69, 9.17) is 9.97 Å². The number of benzene rings is 9. The van der Waals surface area contributed by atoms with E-state index in [0.717, 1.165) is 38.6 Å². The highest BCUT2D eigenvalue weighted by Crippen LogP contribution is 2.47. The zero-order valence-electron chi connectivity index (χ0n) is 30.1. The molecule has 0 fully saturated rings. The van der Waals surface area contributed by atoms with Crippen molar-refractivity contribution in [3.8, 4) is 28.3 Å². The van der Waals surface area contributed by atoms with Crippen LogP contribution in [0.25, 0.3) is 121 Å². The molecular formula is C52H30N4. The van der Waals surface area contributed by atoms with Crippen LogP contribution in [0.2, 0.25) is 0 Å². The van der Waals surface area contributed by atoms with Gasteiger partial charge in [0.2, 0.25) is 5.95 Å². The lowest BCUT2D eigenvalue weighted by Gasteiger charge is -2.14. The average molecular weight is 711 g/mol. The second kappa shape index (κ2) is 11.0. The van der Waals surface area contributed by atoms with Crippen LogP contribution in [0.3, 0.4) is 0 Å². The minimum absolute atomic E-state index is 0.660. The molecule has 0 atom stereocenters. The molecule has 0 bridgehead atoms. The Labute approximate surface area is 320 Å². The molecule has 0 spiro atoms. The molecule has 0 N–H and O–H groups in total. The summed E-state index contributed by atoms with van der Waals surface area (Å²) in [5.74, 6) is 0.660. The number of hydrogen-bond donors (Lipinski definition) is 0. The maximum Gasteiger partial charge on any atom is 0.235 e. The zero-order valence-corrected chi connectivity index (χ0v) is 30.1. The third-order valence-electron chi connectivity index (χ3n) is 12.0. The molecule has 0 saturated heterocycles. The molecule has 13 rings (SSSR count). The van der Waals surface area contributed by atoms with Crippen molar-refractivity contribution in [3.63, 3.8) is 0 Å². The Hall–Kier alpha value is -7.56. The topological polar surface area (TPSA) is 35.1 Å². The van der Waals surface area contributed by atoms with Crippen molar-refractivity contribution in [2.24, 2.45) is 0 Å². The van der Waals surface area contributed by atoms with E-state index >= 15 is 0 Å². The van der Waals surface area contributed by atoms with Crippen molar-refractivity contribution < 1.29 is 0 Å². The monoisotopic (exact) mass is 710 g/mol. The van der Waals surface area contributed by atoms with Gasteiger partial charge >= 0.3 is 0 Å². The fraction of sp³-hybridized carbons (Fsp3) is 0. The number of para-hydroxylation sites is 2. The van der Waals surface area contributed by atoms with Crippen molar-refractivity contribution in [2.45, 2.75) is 0 Å². The van der Waals surface area contributed by atoms with Crippen LogP contribution in [0.5, 0.6) is 0 Å². The van der Waals surface area contributed by atoms with Crippen LogP contribution in [0, 0.1) is 0 Å². The van der Waals surface area contributed by atoms with Crippen molar-refractivity contribution in [3.05, 3.63) is 182 Å². The van der Waals surface area contributed by atoms with E-state index in [0.29, 0.717) is 5.95 Å². The van der Waals surface area contributed by atoms with E-state index in [1.807, 2.05) is 0 Å². The largest absolute Gasteiger partial charge is 0.308 e. The Bertz CT molecular complexity index is 3740. The van der Waals surface area contributed by atoms with Crippen molar-refractivity contribution in [1.82, 2.24) is 18.9 Å². The Morgan fingerprint density at radius 1 is 0.339 bits per heavy atom. The molecule has 0 saturated carbocycles. The van der Waals surface area contributed by atoms with Crippen LogP contribution in [0.15, 0.2) is 182 Å². The first-order valence-corrected chi connectivity index (χ1v) is 19.2. The summed E-state index contributed by atoms with van der Waals surface area (Å²) in [5.41, 5.74) is 11.2. The highest BCUT2D eigenvalue weighted by Gasteiger charge is 2.26. The molecular weight excluding hydrogens is 681 g/mol. The van der Waals surface area contributed by atoms with Gasteiger partial charge in [0.15, 0.2) is 0 Å². The van der Waals surface area contributed by atoms with Crippen LogP contribution in [0.1, 0.15) is 0 Å². The molecule has 0 aliphatic rings. The number of hydrogen-bond acceptors (Lipinski definition) is 2. The van der Waals surface area contributed by atoms with E-state index < -0.39 is 0 Å². The molecule has 0 unspecified atom stereocenters. The van der Waals surface area contributed by atoms with Crippen molar-refractivity contribution in [2.75, 3.05) is 0 Å². The SMILES string of the molecule is c1ccc(-c2ccc(-c3nc(-n4c5ccccc5c5c6c7cc8ccccc8cc7n7c8ccccc8c(cc54)c67)nc4ccc5ccccc5c34)cc2)cc1. The molecule has 56 heavy (non-hydrogen) atoms. The summed E-state index contributed by atoms with van der Waals surface area (Å²) >= 11 is 0. The molecule has 0 aliphatic heterocycles. The van der Waals surface area contributed by atoms with Crippen molar-refractivity contribution in [1.29, 1.82) is 0 Å². The molecule has 13 aromatic rings. The highest BCUT2D eigenvalue weighted by atomic mass is 15.2. The van der Waals surface area contributed by atoms with Gasteiger partial charge in [-0.1, -0.05) is 146 Å². The van der Waals surface area contributed by atoms with Crippen LogP contribution < -0.4 is 0 Å². The normalized spacial score (nSPS) is 12.3. The standard InChI is InChI=1S/C52H30N4/c1-2-12-31(13-3-1)32-22-24-34(25-23-32)50-47-37-17-7-6-14-33(37)26-27-42(47)53-52(54-50)56-44-21-11-9-19-39(44)48-46(56)30-40-38-18-8-10-20-43(38)55-45-29-36-16-5-4-15-35(36)28-41(45)49(48)51(40)55/h1-30H. The van der Waals surface area contributed by atoms with E-state index in [-0.39, 0.29) is 0 Å². The number of nitrogens with zero attached hydrogens (tertiary/aromatic N) is 4. The lowest BCUT2D eigenvalue weighted by atomic mass is 9.98. The number of aromatic nitrogens is 4. The van der Waals surface area contributed by atoms with Gasteiger partial charge in [-0.15, -0.1) is 0 Å². The van der Waals surface area contributed by atoms with Gasteiger partial charge < -0.3 is 4.40 Å². The summed E-state index contributed by atoms with van der Waals surface area (Å²) in [6.07, 6.45) is 0. The lowest BCUT2D eigenvalue weighted by molar-refractivity contribution is 1.02. The quantitative estimate of drug-likeness (QED) is 0.171. The third kappa shape index (κ3) is 3.97. The summed E-state index contributed by atoms with van der Waals surface area (Å²) in [7, 11) is 0. The van der Waals surface area contributed by atoms with Crippen LogP contribution >= 0.6 is 0 Å². The van der Waals surface area contributed by atoms with Gasteiger partial charge in [-0.2, -0.15) is 0 Å². The molecule has 4 heterocycles. The lowest BCUT2D eigenvalue weighted by Crippen LogP contribution is -2.03. The summed E-state index contributed by atoms with van der Waals surface area (Å²) in [6.45, 7) is 0. The maximum absolute atomic E-state index is 5.60. The van der Waals surface area contributed by atoms with E-state index in [2.05, 4.69) is 191 Å². The van der Waals surface area contributed by atoms with Gasteiger partial charge in [0.25, 0.3) is 0 Å². The van der Waals surface area contributed by atoms with E-state index in [1.54, 1.807) is 0 Å². The van der Waals surface area contributed by atoms with Crippen LogP contribution in [0.4, 0.5) is 0 Å². The summed E-state index contributed by atoms with van der Waals surface area (Å²) in [5, 5.41) is 13.3. The Morgan fingerprint density at radius 3 is 1.80 bits per heavy atom. The smallest absolute Gasteiger partial charge is 0.235 e. The first kappa shape index (κ1) is 29.8.